The van der Waals surface area contributed by atoms with Crippen LogP contribution in [0.1, 0.15) is 42.5 Å². The van der Waals surface area contributed by atoms with Crippen molar-refractivity contribution < 1.29 is 9.32 Å². The summed E-state index contributed by atoms with van der Waals surface area (Å²) in [6, 6.07) is 6.25. The number of benzene rings is 1. The number of rotatable bonds is 4. The van der Waals surface area contributed by atoms with E-state index in [-0.39, 0.29) is 17.6 Å². The van der Waals surface area contributed by atoms with Crippen LogP contribution in [0.15, 0.2) is 23.1 Å². The van der Waals surface area contributed by atoms with Crippen molar-refractivity contribution in [3.05, 3.63) is 40.0 Å². The van der Waals surface area contributed by atoms with Crippen LogP contribution in [0.5, 0.6) is 0 Å². The van der Waals surface area contributed by atoms with E-state index in [4.69, 9.17) is 21.6 Å². The molecule has 2 N–H and O–H groups in total. The number of nitrogens with zero attached hydrogens (tertiary/aromatic N) is 3. The van der Waals surface area contributed by atoms with Crippen LogP contribution in [0.25, 0.3) is 0 Å². The molecular formula is C23H27ClN4O2S. The summed E-state index contributed by atoms with van der Waals surface area (Å²) in [7, 11) is -1.08. The predicted molar refractivity (Wildman–Crippen MR) is 122 cm³/mol. The first-order valence-corrected chi connectivity index (χ1v) is 12.9. The van der Waals surface area contributed by atoms with Crippen LogP contribution < -0.4 is 10.2 Å². The Morgan fingerprint density at radius 2 is 1.97 bits per heavy atom. The fraction of sp³-hybridized carbons (Fsp3) is 0.565. The minimum Gasteiger partial charge on any atom is -0.394 e. The van der Waals surface area contributed by atoms with Gasteiger partial charge in [0.2, 0.25) is 5.95 Å². The van der Waals surface area contributed by atoms with Gasteiger partial charge >= 0.3 is 0 Å². The highest BCUT2D eigenvalue weighted by Crippen LogP contribution is 2.46. The number of aliphatic hydroxyl groups excluding tert-OH is 1. The molecule has 1 spiro atoms. The van der Waals surface area contributed by atoms with Gasteiger partial charge in [0.25, 0.3) is 0 Å². The monoisotopic (exact) mass is 458 g/mol. The van der Waals surface area contributed by atoms with E-state index in [1.54, 1.807) is 0 Å². The number of hydrogen-bond acceptors (Lipinski definition) is 6. The first-order chi connectivity index (χ1) is 15.0. The van der Waals surface area contributed by atoms with E-state index in [0.29, 0.717) is 11.6 Å². The van der Waals surface area contributed by atoms with E-state index < -0.39 is 10.8 Å². The summed E-state index contributed by atoms with van der Waals surface area (Å²) < 4.78 is 12.8. The second kappa shape index (κ2) is 7.15. The van der Waals surface area contributed by atoms with Gasteiger partial charge in [0, 0.05) is 29.3 Å². The van der Waals surface area contributed by atoms with Crippen LogP contribution in [0.4, 0.5) is 11.8 Å². The van der Waals surface area contributed by atoms with Crippen molar-refractivity contribution >= 4 is 34.2 Å². The number of halogens is 1. The van der Waals surface area contributed by atoms with Crippen molar-refractivity contribution in [2.24, 2.45) is 5.41 Å². The Morgan fingerprint density at radius 3 is 2.71 bits per heavy atom. The Bertz CT molecular complexity index is 1080. The molecule has 1 aromatic heterocycles. The maximum atomic E-state index is 12.8. The van der Waals surface area contributed by atoms with Gasteiger partial charge in [0.05, 0.1) is 28.6 Å². The van der Waals surface area contributed by atoms with Gasteiger partial charge in [-0.2, -0.15) is 4.98 Å². The third-order valence-electron chi connectivity index (χ3n) is 7.53. The van der Waals surface area contributed by atoms with Gasteiger partial charge in [0.1, 0.15) is 10.7 Å². The second-order valence-electron chi connectivity index (χ2n) is 9.84. The summed E-state index contributed by atoms with van der Waals surface area (Å²) in [5.41, 5.74) is 3.59. The van der Waals surface area contributed by atoms with E-state index in [1.807, 2.05) is 6.07 Å². The molecule has 1 saturated heterocycles. The van der Waals surface area contributed by atoms with Crippen molar-refractivity contribution in [1.82, 2.24) is 9.97 Å². The number of aromatic nitrogens is 2. The zero-order valence-electron chi connectivity index (χ0n) is 17.5. The first kappa shape index (κ1) is 19.9. The molecule has 1 saturated carbocycles. The van der Waals surface area contributed by atoms with Crippen LogP contribution in [0.2, 0.25) is 5.02 Å². The zero-order valence-corrected chi connectivity index (χ0v) is 19.1. The smallest absolute Gasteiger partial charge is 0.227 e. The standard InChI is InChI=1S/C23H27ClN4O2S/c24-17-5-4-15-10-22(11-16(15)9-17)12-28(13-22)21-25-18-3-1-8-31(30)19(18)20(26-21)27-23(14-29)6-2-7-23/h4-5,9,29H,1-3,6-8,10-14H2,(H,25,26,27)/t31-/m0/s1. The van der Waals surface area contributed by atoms with Gasteiger partial charge in [-0.05, 0) is 68.2 Å². The molecule has 0 amide bonds. The van der Waals surface area contributed by atoms with E-state index in [0.717, 1.165) is 79.6 Å². The zero-order chi connectivity index (χ0) is 21.2. The predicted octanol–water partition coefficient (Wildman–Crippen LogP) is 3.12. The summed E-state index contributed by atoms with van der Waals surface area (Å²) in [4.78, 5) is 12.7. The SMILES string of the molecule is O=[S@]1CCCc2nc(N3CC4(Cc5ccc(Cl)cc5C4)C3)nc(NC3(CO)CCC3)c21. The molecule has 1 atom stereocenters. The molecule has 0 bridgehead atoms. The van der Waals surface area contributed by atoms with E-state index >= 15 is 0 Å². The minimum atomic E-state index is -1.08. The third kappa shape index (κ3) is 3.28. The van der Waals surface area contributed by atoms with Gasteiger partial charge in [-0.25, -0.2) is 4.98 Å². The number of aliphatic hydroxyl groups is 1. The lowest BCUT2D eigenvalue weighted by atomic mass is 9.77. The number of nitrogens with one attached hydrogen (secondary N) is 1. The van der Waals surface area contributed by atoms with Crippen molar-refractivity contribution in [2.75, 3.05) is 35.7 Å². The first-order valence-electron chi connectivity index (χ1n) is 11.2. The molecule has 164 valence electrons. The van der Waals surface area contributed by atoms with Crippen molar-refractivity contribution in [3.8, 4) is 0 Å². The van der Waals surface area contributed by atoms with Gasteiger partial charge in [0.15, 0.2) is 0 Å². The van der Waals surface area contributed by atoms with Crippen molar-refractivity contribution in [2.45, 2.75) is 55.4 Å². The van der Waals surface area contributed by atoms with Crippen molar-refractivity contribution in [3.63, 3.8) is 0 Å². The molecule has 6 rings (SSSR count). The fourth-order valence-corrected chi connectivity index (χ4v) is 7.23. The van der Waals surface area contributed by atoms with E-state index in [1.165, 1.54) is 11.1 Å². The normalized spacial score (nSPS) is 24.8. The number of fused-ring (bicyclic) bond motifs is 2. The number of aryl methyl sites for hydroxylation is 1. The average Bonchev–Trinajstić information content (AvgIpc) is 3.08. The molecule has 3 heterocycles. The van der Waals surface area contributed by atoms with E-state index in [9.17, 15) is 9.32 Å². The fourth-order valence-electron chi connectivity index (χ4n) is 5.70. The lowest BCUT2D eigenvalue weighted by Gasteiger charge is -2.48. The highest BCUT2D eigenvalue weighted by atomic mass is 35.5. The molecule has 2 fully saturated rings. The van der Waals surface area contributed by atoms with Gasteiger partial charge in [-0.1, -0.05) is 17.7 Å². The quantitative estimate of drug-likeness (QED) is 0.733. The molecule has 0 unspecified atom stereocenters. The maximum Gasteiger partial charge on any atom is 0.227 e. The van der Waals surface area contributed by atoms with Crippen LogP contribution in [0.3, 0.4) is 0 Å². The molecule has 1 aromatic carbocycles. The van der Waals surface area contributed by atoms with Crippen molar-refractivity contribution in [1.29, 1.82) is 0 Å². The summed E-state index contributed by atoms with van der Waals surface area (Å²) in [5.74, 6) is 2.06. The topological polar surface area (TPSA) is 78.4 Å². The minimum absolute atomic E-state index is 0.0708. The Balaban J connectivity index is 1.28. The second-order valence-corrected chi connectivity index (χ2v) is 11.8. The Kier molecular flexibility index (Phi) is 4.60. The summed E-state index contributed by atoms with van der Waals surface area (Å²) in [6.07, 6.45) is 6.77. The Hall–Kier alpha value is -1.70. The summed E-state index contributed by atoms with van der Waals surface area (Å²) >= 11 is 6.20. The van der Waals surface area contributed by atoms with Gasteiger partial charge in [-0.15, -0.1) is 0 Å². The summed E-state index contributed by atoms with van der Waals surface area (Å²) in [5, 5.41) is 14.2. The molecule has 2 aliphatic carbocycles. The molecule has 6 nitrogen and oxygen atoms in total. The molecule has 2 aromatic rings. The Labute approximate surface area is 189 Å². The molecular weight excluding hydrogens is 432 g/mol. The average molecular weight is 459 g/mol. The largest absolute Gasteiger partial charge is 0.394 e. The maximum absolute atomic E-state index is 12.8. The van der Waals surface area contributed by atoms with Gasteiger partial charge in [-0.3, -0.25) is 4.21 Å². The van der Waals surface area contributed by atoms with Crippen LogP contribution in [-0.2, 0) is 30.1 Å². The lowest BCUT2D eigenvalue weighted by molar-refractivity contribution is 0.143. The number of hydrogen-bond donors (Lipinski definition) is 2. The van der Waals surface area contributed by atoms with Gasteiger partial charge < -0.3 is 15.3 Å². The highest BCUT2D eigenvalue weighted by molar-refractivity contribution is 7.85. The van der Waals surface area contributed by atoms with Crippen LogP contribution >= 0.6 is 11.6 Å². The van der Waals surface area contributed by atoms with E-state index in [2.05, 4.69) is 22.3 Å². The summed E-state index contributed by atoms with van der Waals surface area (Å²) in [6.45, 7) is 1.92. The molecule has 8 heteroatoms. The molecule has 0 radical (unpaired) electrons. The Morgan fingerprint density at radius 1 is 1.16 bits per heavy atom. The highest BCUT2D eigenvalue weighted by Gasteiger charge is 2.48. The third-order valence-corrected chi connectivity index (χ3v) is 9.31. The lowest BCUT2D eigenvalue weighted by Crippen LogP contribution is -2.58. The molecule has 4 aliphatic rings. The molecule has 31 heavy (non-hydrogen) atoms. The molecule has 2 aliphatic heterocycles. The van der Waals surface area contributed by atoms with Crippen LogP contribution in [0, 0.1) is 5.41 Å². The van der Waals surface area contributed by atoms with Crippen LogP contribution in [-0.4, -0.2) is 50.3 Å². The number of anilines is 2.